The lowest BCUT2D eigenvalue weighted by atomic mass is 10.1. The molecule has 0 aromatic heterocycles. The fraction of sp³-hybridized carbons (Fsp3) is 0.500. The summed E-state index contributed by atoms with van der Waals surface area (Å²) < 4.78 is 13.7. The lowest BCUT2D eigenvalue weighted by Gasteiger charge is -2.30. The summed E-state index contributed by atoms with van der Waals surface area (Å²) >= 11 is 0. The molecule has 1 heterocycles. The number of nitrogens with zero attached hydrogens (tertiary/aromatic N) is 2. The van der Waals surface area contributed by atoms with Gasteiger partial charge in [0.1, 0.15) is 5.82 Å². The molecule has 4 nitrogen and oxygen atoms in total. The van der Waals surface area contributed by atoms with E-state index < -0.39 is 11.8 Å². The lowest BCUT2D eigenvalue weighted by molar-refractivity contribution is 0.0692. The van der Waals surface area contributed by atoms with Gasteiger partial charge in [-0.25, -0.2) is 9.18 Å². The highest BCUT2D eigenvalue weighted by Crippen LogP contribution is 2.23. The number of rotatable bonds is 2. The topological polar surface area (TPSA) is 43.8 Å². The third-order valence-electron chi connectivity index (χ3n) is 3.56. The molecule has 0 amide bonds. The number of carbonyl (C=O) groups is 1. The zero-order chi connectivity index (χ0) is 14.0. The second-order valence-electron chi connectivity index (χ2n) is 5.13. The van der Waals surface area contributed by atoms with E-state index in [1.165, 1.54) is 12.1 Å². The van der Waals surface area contributed by atoms with Crippen LogP contribution in [0.1, 0.15) is 23.7 Å². The molecule has 0 radical (unpaired) electrons. The van der Waals surface area contributed by atoms with Gasteiger partial charge in [-0.05, 0) is 45.1 Å². The van der Waals surface area contributed by atoms with Gasteiger partial charge in [-0.3, -0.25) is 0 Å². The Kier molecular flexibility index (Phi) is 4.04. The first kappa shape index (κ1) is 13.8. The van der Waals surface area contributed by atoms with Crippen molar-refractivity contribution in [1.82, 2.24) is 4.90 Å². The van der Waals surface area contributed by atoms with E-state index in [0.29, 0.717) is 0 Å². The van der Waals surface area contributed by atoms with Crippen molar-refractivity contribution in [3.05, 3.63) is 29.6 Å². The van der Waals surface area contributed by atoms with E-state index in [1.807, 2.05) is 0 Å². The number of carboxylic acid groups (broad SMARTS) is 1. The molecular weight excluding hydrogens is 247 g/mol. The Balaban J connectivity index is 2.25. The molecule has 2 rings (SSSR count). The van der Waals surface area contributed by atoms with Crippen molar-refractivity contribution >= 4 is 11.7 Å². The van der Waals surface area contributed by atoms with Gasteiger partial charge in [0.05, 0.1) is 5.56 Å². The molecule has 104 valence electrons. The standard InChI is InChI=1S/C14H19FN2O2/c1-10-9-16(2)6-3-7-17(10)11-4-5-12(14(18)19)13(15)8-11/h4-5,8,10H,3,6-7,9H2,1-2H3,(H,18,19). The second kappa shape index (κ2) is 5.57. The normalized spacial score (nSPS) is 21.2. The van der Waals surface area contributed by atoms with Crippen LogP contribution in [0.5, 0.6) is 0 Å². The third-order valence-corrected chi connectivity index (χ3v) is 3.56. The summed E-state index contributed by atoms with van der Waals surface area (Å²) in [5.41, 5.74) is 0.480. The van der Waals surface area contributed by atoms with Crippen molar-refractivity contribution in [2.24, 2.45) is 0 Å². The Labute approximate surface area is 112 Å². The van der Waals surface area contributed by atoms with Crippen LogP contribution in [0.25, 0.3) is 0 Å². The molecular formula is C14H19FN2O2. The highest BCUT2D eigenvalue weighted by molar-refractivity contribution is 5.88. The summed E-state index contributed by atoms with van der Waals surface area (Å²) in [6, 6.07) is 4.64. The second-order valence-corrected chi connectivity index (χ2v) is 5.13. The largest absolute Gasteiger partial charge is 0.478 e. The fourth-order valence-corrected chi connectivity index (χ4v) is 2.61. The van der Waals surface area contributed by atoms with Gasteiger partial charge in [0, 0.05) is 24.8 Å². The Bertz CT molecular complexity index is 479. The van der Waals surface area contributed by atoms with Crippen LogP contribution in [0.4, 0.5) is 10.1 Å². The van der Waals surface area contributed by atoms with E-state index in [0.717, 1.165) is 31.7 Å². The average molecular weight is 266 g/mol. The first-order valence-corrected chi connectivity index (χ1v) is 6.47. The molecule has 0 saturated carbocycles. The first-order chi connectivity index (χ1) is 8.99. The van der Waals surface area contributed by atoms with Crippen LogP contribution in [0.3, 0.4) is 0 Å². The number of hydrogen-bond acceptors (Lipinski definition) is 3. The van der Waals surface area contributed by atoms with Crippen LogP contribution in [0, 0.1) is 5.82 Å². The van der Waals surface area contributed by atoms with Crippen molar-refractivity contribution in [3.63, 3.8) is 0 Å². The van der Waals surface area contributed by atoms with Crippen molar-refractivity contribution in [3.8, 4) is 0 Å². The molecule has 0 spiro atoms. The minimum absolute atomic E-state index is 0.275. The Hall–Kier alpha value is -1.62. The van der Waals surface area contributed by atoms with Crippen LogP contribution in [-0.2, 0) is 0 Å². The van der Waals surface area contributed by atoms with Crippen molar-refractivity contribution in [2.45, 2.75) is 19.4 Å². The molecule has 1 N–H and O–H groups in total. The van der Waals surface area contributed by atoms with Gasteiger partial charge in [0.25, 0.3) is 0 Å². The van der Waals surface area contributed by atoms with Crippen LogP contribution in [0.2, 0.25) is 0 Å². The molecule has 1 unspecified atom stereocenters. The van der Waals surface area contributed by atoms with Gasteiger partial charge >= 0.3 is 5.97 Å². The smallest absolute Gasteiger partial charge is 0.338 e. The van der Waals surface area contributed by atoms with Gasteiger partial charge in [0.2, 0.25) is 0 Å². The molecule has 0 aliphatic carbocycles. The van der Waals surface area contributed by atoms with Crippen molar-refractivity contribution in [1.29, 1.82) is 0 Å². The molecule has 19 heavy (non-hydrogen) atoms. The number of benzene rings is 1. The predicted octanol–water partition coefficient (Wildman–Crippen LogP) is 2.05. The number of anilines is 1. The Morgan fingerprint density at radius 1 is 1.42 bits per heavy atom. The average Bonchev–Trinajstić information content (AvgIpc) is 2.49. The number of aromatic carboxylic acids is 1. The third kappa shape index (κ3) is 3.04. The molecule has 1 aromatic carbocycles. The maximum atomic E-state index is 13.7. The lowest BCUT2D eigenvalue weighted by Crippen LogP contribution is -2.38. The SMILES string of the molecule is CC1CN(C)CCCN1c1ccc(C(=O)O)c(F)c1. The van der Waals surface area contributed by atoms with Gasteiger partial charge in [0.15, 0.2) is 0 Å². The van der Waals surface area contributed by atoms with Crippen LogP contribution in [0.15, 0.2) is 18.2 Å². The van der Waals surface area contributed by atoms with Crippen molar-refractivity contribution < 1.29 is 14.3 Å². The molecule has 1 aliphatic rings. The molecule has 0 bridgehead atoms. The monoisotopic (exact) mass is 266 g/mol. The van der Waals surface area contributed by atoms with Gasteiger partial charge in [-0.15, -0.1) is 0 Å². The molecule has 1 aliphatic heterocycles. The zero-order valence-electron chi connectivity index (χ0n) is 11.3. The minimum atomic E-state index is -1.23. The number of carboxylic acids is 1. The van der Waals surface area contributed by atoms with E-state index in [4.69, 9.17) is 5.11 Å². The summed E-state index contributed by atoms with van der Waals surface area (Å²) in [6.07, 6.45) is 1.02. The number of likely N-dealkylation sites (N-methyl/N-ethyl adjacent to an activating group) is 1. The van der Waals surface area contributed by atoms with E-state index in [-0.39, 0.29) is 11.6 Å². The summed E-state index contributed by atoms with van der Waals surface area (Å²) in [4.78, 5) is 15.2. The van der Waals surface area contributed by atoms with Crippen molar-refractivity contribution in [2.75, 3.05) is 31.6 Å². The highest BCUT2D eigenvalue weighted by atomic mass is 19.1. The Morgan fingerprint density at radius 2 is 2.16 bits per heavy atom. The predicted molar refractivity (Wildman–Crippen MR) is 72.3 cm³/mol. The zero-order valence-corrected chi connectivity index (χ0v) is 11.3. The molecule has 1 fully saturated rings. The van der Waals surface area contributed by atoms with E-state index in [9.17, 15) is 9.18 Å². The minimum Gasteiger partial charge on any atom is -0.478 e. The molecule has 1 atom stereocenters. The summed E-state index contributed by atoms with van der Waals surface area (Å²) in [7, 11) is 2.08. The van der Waals surface area contributed by atoms with Crippen LogP contribution >= 0.6 is 0 Å². The van der Waals surface area contributed by atoms with Crippen LogP contribution < -0.4 is 4.90 Å². The maximum absolute atomic E-state index is 13.7. The maximum Gasteiger partial charge on any atom is 0.338 e. The van der Waals surface area contributed by atoms with E-state index in [2.05, 4.69) is 23.8 Å². The number of halogens is 1. The summed E-state index contributed by atoms with van der Waals surface area (Å²) in [6.45, 7) is 4.90. The van der Waals surface area contributed by atoms with Gasteiger partial charge < -0.3 is 14.9 Å². The van der Waals surface area contributed by atoms with Gasteiger partial charge in [-0.2, -0.15) is 0 Å². The fourth-order valence-electron chi connectivity index (χ4n) is 2.61. The van der Waals surface area contributed by atoms with Crippen LogP contribution in [-0.4, -0.2) is 48.7 Å². The molecule has 1 aromatic rings. The quantitative estimate of drug-likeness (QED) is 0.890. The van der Waals surface area contributed by atoms with Gasteiger partial charge in [-0.1, -0.05) is 0 Å². The molecule has 1 saturated heterocycles. The molecule has 5 heteroatoms. The summed E-state index contributed by atoms with van der Waals surface area (Å²) in [5, 5.41) is 8.84. The Morgan fingerprint density at radius 3 is 2.79 bits per heavy atom. The van der Waals surface area contributed by atoms with E-state index in [1.54, 1.807) is 6.07 Å². The number of hydrogen-bond donors (Lipinski definition) is 1. The first-order valence-electron chi connectivity index (χ1n) is 6.47. The highest BCUT2D eigenvalue weighted by Gasteiger charge is 2.21. The van der Waals surface area contributed by atoms with E-state index >= 15 is 0 Å². The summed E-state index contributed by atoms with van der Waals surface area (Å²) in [5.74, 6) is -1.90.